The minimum atomic E-state index is -0.280. The van der Waals surface area contributed by atoms with Crippen LogP contribution in [0.1, 0.15) is 16.1 Å². The molecule has 0 unspecified atom stereocenters. The Kier molecular flexibility index (Phi) is 5.60. The standard InChI is InChI=1S/C21H21FN6O/c22-17-5-1-2-6-19(17)27-8-10-28(11-9-27)20-15-24-18(14-25-20)21(29)26-13-16-4-3-7-23-12-16/h1-7,12,14-15H,8-11,13H2,(H,26,29). The summed E-state index contributed by atoms with van der Waals surface area (Å²) in [7, 11) is 0. The maximum absolute atomic E-state index is 14.0. The highest BCUT2D eigenvalue weighted by atomic mass is 19.1. The van der Waals surface area contributed by atoms with Crippen LogP contribution in [0.3, 0.4) is 0 Å². The number of amides is 1. The van der Waals surface area contributed by atoms with Crippen LogP contribution >= 0.6 is 0 Å². The first kappa shape index (κ1) is 18.8. The van der Waals surface area contributed by atoms with Crippen LogP contribution in [0.15, 0.2) is 61.2 Å². The first-order valence-electron chi connectivity index (χ1n) is 9.44. The number of anilines is 2. The Morgan fingerprint density at radius 3 is 2.45 bits per heavy atom. The molecule has 2 aromatic heterocycles. The molecule has 1 amide bonds. The van der Waals surface area contributed by atoms with Crippen molar-refractivity contribution in [2.45, 2.75) is 6.54 Å². The second-order valence-electron chi connectivity index (χ2n) is 6.73. The van der Waals surface area contributed by atoms with Gasteiger partial charge in [0.05, 0.1) is 18.1 Å². The molecular weight excluding hydrogens is 371 g/mol. The van der Waals surface area contributed by atoms with E-state index >= 15 is 0 Å². The number of piperazine rings is 1. The highest BCUT2D eigenvalue weighted by Crippen LogP contribution is 2.21. The quantitative estimate of drug-likeness (QED) is 0.718. The van der Waals surface area contributed by atoms with E-state index in [4.69, 9.17) is 0 Å². The fraction of sp³-hybridized carbons (Fsp3) is 0.238. The summed E-state index contributed by atoms with van der Waals surface area (Å²) in [5, 5.41) is 2.81. The number of hydrogen-bond donors (Lipinski definition) is 1. The summed E-state index contributed by atoms with van der Waals surface area (Å²) in [5.74, 6) is 0.224. The summed E-state index contributed by atoms with van der Waals surface area (Å²) in [5.41, 5.74) is 1.81. The molecule has 1 aromatic carbocycles. The van der Waals surface area contributed by atoms with Crippen LogP contribution in [0.2, 0.25) is 0 Å². The molecule has 1 saturated heterocycles. The summed E-state index contributed by atoms with van der Waals surface area (Å²) in [6, 6.07) is 10.5. The summed E-state index contributed by atoms with van der Waals surface area (Å²) >= 11 is 0. The molecule has 148 valence electrons. The molecule has 1 aliphatic heterocycles. The summed E-state index contributed by atoms with van der Waals surface area (Å²) in [6.45, 7) is 3.17. The zero-order chi connectivity index (χ0) is 20.1. The van der Waals surface area contributed by atoms with E-state index < -0.39 is 0 Å². The van der Waals surface area contributed by atoms with Gasteiger partial charge in [0, 0.05) is 45.1 Å². The molecule has 3 heterocycles. The second kappa shape index (κ2) is 8.64. The van der Waals surface area contributed by atoms with Crippen molar-refractivity contribution in [1.82, 2.24) is 20.3 Å². The number of pyridine rings is 1. The van der Waals surface area contributed by atoms with Gasteiger partial charge < -0.3 is 15.1 Å². The Morgan fingerprint density at radius 2 is 1.76 bits per heavy atom. The molecule has 0 aliphatic carbocycles. The summed E-state index contributed by atoms with van der Waals surface area (Å²) < 4.78 is 14.0. The Balaban J connectivity index is 1.32. The lowest BCUT2D eigenvalue weighted by Gasteiger charge is -2.36. The zero-order valence-electron chi connectivity index (χ0n) is 15.8. The lowest BCUT2D eigenvalue weighted by Crippen LogP contribution is -2.47. The number of carbonyl (C=O) groups excluding carboxylic acids is 1. The molecule has 0 radical (unpaired) electrons. The number of hydrogen-bond acceptors (Lipinski definition) is 6. The second-order valence-corrected chi connectivity index (χ2v) is 6.73. The van der Waals surface area contributed by atoms with Crippen LogP contribution in [0.4, 0.5) is 15.9 Å². The fourth-order valence-electron chi connectivity index (χ4n) is 3.26. The zero-order valence-corrected chi connectivity index (χ0v) is 15.8. The Hall–Kier alpha value is -3.55. The van der Waals surface area contributed by atoms with Gasteiger partial charge in [-0.3, -0.25) is 9.78 Å². The molecule has 3 aromatic rings. The number of nitrogens with zero attached hydrogens (tertiary/aromatic N) is 5. The first-order valence-corrected chi connectivity index (χ1v) is 9.44. The average Bonchev–Trinajstić information content (AvgIpc) is 2.79. The minimum absolute atomic E-state index is 0.206. The van der Waals surface area contributed by atoms with E-state index in [0.717, 1.165) is 5.56 Å². The molecule has 0 bridgehead atoms. The van der Waals surface area contributed by atoms with Gasteiger partial charge in [0.25, 0.3) is 5.91 Å². The maximum Gasteiger partial charge on any atom is 0.271 e. The molecule has 0 spiro atoms. The van der Waals surface area contributed by atoms with Crippen LogP contribution in [0, 0.1) is 5.82 Å². The van der Waals surface area contributed by atoms with Crippen molar-refractivity contribution in [3.8, 4) is 0 Å². The molecule has 8 heteroatoms. The van der Waals surface area contributed by atoms with Crippen LogP contribution < -0.4 is 15.1 Å². The third-order valence-electron chi connectivity index (χ3n) is 4.84. The monoisotopic (exact) mass is 392 g/mol. The summed E-state index contributed by atoms with van der Waals surface area (Å²) in [6.07, 6.45) is 6.48. The molecule has 1 fully saturated rings. The molecule has 1 aliphatic rings. The normalized spacial score (nSPS) is 14.0. The van der Waals surface area contributed by atoms with Crippen LogP contribution in [0.25, 0.3) is 0 Å². The van der Waals surface area contributed by atoms with Gasteiger partial charge in [-0.2, -0.15) is 0 Å². The number of aromatic nitrogens is 3. The Labute approximate surface area is 168 Å². The van der Waals surface area contributed by atoms with Gasteiger partial charge in [0.1, 0.15) is 17.3 Å². The van der Waals surface area contributed by atoms with Crippen molar-refractivity contribution in [2.24, 2.45) is 0 Å². The lowest BCUT2D eigenvalue weighted by atomic mass is 10.2. The number of para-hydroxylation sites is 1. The first-order chi connectivity index (χ1) is 14.2. The van der Waals surface area contributed by atoms with Gasteiger partial charge in [-0.25, -0.2) is 14.4 Å². The van der Waals surface area contributed by atoms with Crippen LogP contribution in [0.5, 0.6) is 0 Å². The van der Waals surface area contributed by atoms with E-state index in [0.29, 0.717) is 44.2 Å². The predicted molar refractivity (Wildman–Crippen MR) is 108 cm³/mol. The number of nitrogens with one attached hydrogen (secondary N) is 1. The largest absolute Gasteiger partial charge is 0.366 e. The smallest absolute Gasteiger partial charge is 0.271 e. The predicted octanol–water partition coefficient (Wildman–Crippen LogP) is 2.27. The van der Waals surface area contributed by atoms with Crippen LogP contribution in [-0.2, 0) is 6.54 Å². The molecular formula is C21H21FN6O. The van der Waals surface area contributed by atoms with Crippen molar-refractivity contribution in [3.63, 3.8) is 0 Å². The van der Waals surface area contributed by atoms with E-state index in [1.807, 2.05) is 23.1 Å². The van der Waals surface area contributed by atoms with Gasteiger partial charge in [-0.05, 0) is 23.8 Å². The molecule has 29 heavy (non-hydrogen) atoms. The van der Waals surface area contributed by atoms with E-state index in [9.17, 15) is 9.18 Å². The Bertz CT molecular complexity index is 958. The van der Waals surface area contributed by atoms with E-state index in [2.05, 4.69) is 25.2 Å². The van der Waals surface area contributed by atoms with E-state index in [1.54, 1.807) is 30.7 Å². The highest BCUT2D eigenvalue weighted by molar-refractivity contribution is 5.91. The third kappa shape index (κ3) is 4.48. The summed E-state index contributed by atoms with van der Waals surface area (Å²) in [4.78, 5) is 29.0. The van der Waals surface area contributed by atoms with Gasteiger partial charge in [0.2, 0.25) is 0 Å². The molecule has 0 saturated carbocycles. The lowest BCUT2D eigenvalue weighted by molar-refractivity contribution is 0.0945. The van der Waals surface area contributed by atoms with Gasteiger partial charge >= 0.3 is 0 Å². The van der Waals surface area contributed by atoms with Gasteiger partial charge in [-0.1, -0.05) is 18.2 Å². The van der Waals surface area contributed by atoms with Crippen molar-refractivity contribution in [2.75, 3.05) is 36.0 Å². The maximum atomic E-state index is 14.0. The van der Waals surface area contributed by atoms with Gasteiger partial charge in [-0.15, -0.1) is 0 Å². The van der Waals surface area contributed by atoms with Crippen molar-refractivity contribution in [3.05, 3.63) is 78.3 Å². The topological polar surface area (TPSA) is 74.2 Å². The highest BCUT2D eigenvalue weighted by Gasteiger charge is 2.20. The van der Waals surface area contributed by atoms with Crippen LogP contribution in [-0.4, -0.2) is 47.0 Å². The number of benzene rings is 1. The SMILES string of the molecule is O=C(NCc1cccnc1)c1cnc(N2CCN(c3ccccc3F)CC2)cn1. The Morgan fingerprint density at radius 1 is 0.966 bits per heavy atom. The average molecular weight is 392 g/mol. The molecule has 0 atom stereocenters. The van der Waals surface area contributed by atoms with E-state index in [1.165, 1.54) is 12.3 Å². The molecule has 1 N–H and O–H groups in total. The van der Waals surface area contributed by atoms with E-state index in [-0.39, 0.29) is 17.4 Å². The fourth-order valence-corrected chi connectivity index (χ4v) is 3.26. The van der Waals surface area contributed by atoms with Crippen molar-refractivity contribution >= 4 is 17.4 Å². The van der Waals surface area contributed by atoms with Crippen molar-refractivity contribution < 1.29 is 9.18 Å². The molecule has 4 rings (SSSR count). The number of halogens is 1. The minimum Gasteiger partial charge on any atom is -0.366 e. The van der Waals surface area contributed by atoms with Gasteiger partial charge in [0.15, 0.2) is 0 Å². The third-order valence-corrected chi connectivity index (χ3v) is 4.84. The number of rotatable bonds is 5. The van der Waals surface area contributed by atoms with Crippen molar-refractivity contribution in [1.29, 1.82) is 0 Å². The molecule has 7 nitrogen and oxygen atoms in total. The number of carbonyl (C=O) groups is 1.